The number of carbonyl (C=O) groups excluding carboxylic acids is 2. The van der Waals surface area contributed by atoms with Crippen molar-refractivity contribution in [3.63, 3.8) is 0 Å². The number of carbonyl (C=O) groups is 2. The number of Topliss-reactive ketones (excluding diaryl/α,β-unsaturated/α-hetero) is 1. The monoisotopic (exact) mass is 378 g/mol. The Morgan fingerprint density at radius 3 is 2.82 bits per heavy atom. The van der Waals surface area contributed by atoms with Gasteiger partial charge in [-0.3, -0.25) is 4.79 Å². The summed E-state index contributed by atoms with van der Waals surface area (Å²) in [6, 6.07) is 7.00. The van der Waals surface area contributed by atoms with Crippen LogP contribution in [0.15, 0.2) is 66.0 Å². The van der Waals surface area contributed by atoms with Gasteiger partial charge in [0.2, 0.25) is 0 Å². The molecule has 1 spiro atoms. The third kappa shape index (κ3) is 3.19. The highest BCUT2D eigenvalue weighted by Crippen LogP contribution is 2.42. The zero-order chi connectivity index (χ0) is 19.6. The summed E-state index contributed by atoms with van der Waals surface area (Å²) < 4.78 is 11.5. The molecule has 0 radical (unpaired) electrons. The summed E-state index contributed by atoms with van der Waals surface area (Å²) in [6.07, 6.45) is 11.4. The van der Waals surface area contributed by atoms with Gasteiger partial charge in [-0.1, -0.05) is 12.1 Å². The number of benzene rings is 1. The van der Waals surface area contributed by atoms with E-state index in [4.69, 9.17) is 9.47 Å². The van der Waals surface area contributed by atoms with Crippen molar-refractivity contribution in [2.45, 2.75) is 18.4 Å². The molecular weight excluding hydrogens is 358 g/mol. The molecular formula is C22H20NO5+. The van der Waals surface area contributed by atoms with Crippen LogP contribution < -0.4 is 4.74 Å². The number of fused-ring (bicyclic) bond motifs is 1. The maximum Gasteiger partial charge on any atom is 0.410 e. The van der Waals surface area contributed by atoms with Gasteiger partial charge in [-0.2, -0.15) is 0 Å². The number of nitrogens with zero attached hydrogens (tertiary/aromatic N) is 1. The van der Waals surface area contributed by atoms with E-state index in [1.54, 1.807) is 41.3 Å². The number of ether oxygens (including phenoxy) is 2. The van der Waals surface area contributed by atoms with Crippen molar-refractivity contribution in [3.8, 4) is 5.75 Å². The number of likely N-dealkylation sites (tertiary alicyclic amines) is 1. The average molecular weight is 378 g/mol. The highest BCUT2D eigenvalue weighted by atomic mass is 16.6. The fourth-order valence-electron chi connectivity index (χ4n) is 3.71. The number of hydrogen-bond acceptors (Lipinski definition) is 5. The van der Waals surface area contributed by atoms with Gasteiger partial charge in [0.1, 0.15) is 35.7 Å². The molecule has 0 saturated carbocycles. The van der Waals surface area contributed by atoms with Crippen LogP contribution in [0.2, 0.25) is 0 Å². The maximum atomic E-state index is 12.8. The van der Waals surface area contributed by atoms with Gasteiger partial charge in [0.05, 0.1) is 29.6 Å². The van der Waals surface area contributed by atoms with Crippen LogP contribution >= 0.6 is 0 Å². The third-order valence-electron chi connectivity index (χ3n) is 5.28. The molecule has 2 aliphatic heterocycles. The molecule has 0 atom stereocenters. The van der Waals surface area contributed by atoms with E-state index < -0.39 is 11.7 Å². The number of piperidine rings is 1. The molecule has 0 bridgehead atoms. The summed E-state index contributed by atoms with van der Waals surface area (Å²) in [5.41, 5.74) is 0.644. The molecule has 1 amide bonds. The molecule has 4 rings (SSSR count). The number of ketones is 1. The quantitative estimate of drug-likeness (QED) is 0.484. The van der Waals surface area contributed by atoms with Gasteiger partial charge in [0.25, 0.3) is 0 Å². The smallest absolute Gasteiger partial charge is 0.410 e. The first-order valence-electron chi connectivity index (χ1n) is 9.17. The van der Waals surface area contributed by atoms with Gasteiger partial charge in [-0.25, -0.2) is 4.79 Å². The number of allylic oxidation sites excluding steroid dienone is 4. The fourth-order valence-corrected chi connectivity index (χ4v) is 3.71. The predicted molar refractivity (Wildman–Crippen MR) is 102 cm³/mol. The Morgan fingerprint density at radius 1 is 1.32 bits per heavy atom. The Kier molecular flexibility index (Phi) is 4.72. The number of para-hydroxylation sites is 1. The van der Waals surface area contributed by atoms with Crippen molar-refractivity contribution in [3.05, 3.63) is 77.6 Å². The largest absolute Gasteiger partial charge is 0.515 e. The second kappa shape index (κ2) is 7.33. The lowest BCUT2D eigenvalue weighted by atomic mass is 9.78. The minimum Gasteiger partial charge on any atom is -0.515 e. The fraction of sp³-hybridized carbons (Fsp3) is 0.273. The Hall–Kier alpha value is -3.37. The summed E-state index contributed by atoms with van der Waals surface area (Å²) >= 11 is 0. The van der Waals surface area contributed by atoms with E-state index in [9.17, 15) is 14.7 Å². The van der Waals surface area contributed by atoms with E-state index in [1.807, 2.05) is 12.2 Å². The zero-order valence-corrected chi connectivity index (χ0v) is 15.3. The number of aliphatic hydroxyl groups excluding tert-OH is 1. The molecule has 1 saturated heterocycles. The highest BCUT2D eigenvalue weighted by Gasteiger charge is 2.48. The molecule has 1 aromatic carbocycles. The van der Waals surface area contributed by atoms with Gasteiger partial charge >= 0.3 is 6.09 Å². The van der Waals surface area contributed by atoms with E-state index >= 15 is 0 Å². The van der Waals surface area contributed by atoms with Gasteiger partial charge in [0.15, 0.2) is 5.78 Å². The van der Waals surface area contributed by atoms with Gasteiger partial charge in [0, 0.05) is 32.0 Å². The first kappa shape index (κ1) is 18.0. The predicted octanol–water partition coefficient (Wildman–Crippen LogP) is 3.53. The van der Waals surface area contributed by atoms with Crippen LogP contribution in [0.4, 0.5) is 4.79 Å². The second-order valence-corrected chi connectivity index (χ2v) is 6.91. The number of amides is 1. The van der Waals surface area contributed by atoms with E-state index in [2.05, 4.69) is 6.08 Å². The molecule has 1 aromatic rings. The molecule has 3 aliphatic rings. The Labute approximate surface area is 163 Å². The summed E-state index contributed by atoms with van der Waals surface area (Å²) in [5, 5.41) is 9.72. The van der Waals surface area contributed by atoms with Crippen molar-refractivity contribution in [2.75, 3.05) is 19.7 Å². The molecule has 0 aromatic heterocycles. The van der Waals surface area contributed by atoms with Crippen LogP contribution in [-0.2, 0) is 4.74 Å². The van der Waals surface area contributed by atoms with E-state index in [1.165, 1.54) is 0 Å². The minimum atomic E-state index is -0.924. The molecule has 1 aliphatic carbocycles. The first-order chi connectivity index (χ1) is 13.6. The van der Waals surface area contributed by atoms with Crippen molar-refractivity contribution < 1.29 is 24.2 Å². The summed E-state index contributed by atoms with van der Waals surface area (Å²) in [4.78, 5) is 26.8. The number of hydrogen-bond donors (Lipinski definition) is 1. The van der Waals surface area contributed by atoms with E-state index in [-0.39, 0.29) is 18.0 Å². The van der Waals surface area contributed by atoms with Gasteiger partial charge in [-0.15, -0.1) is 0 Å². The van der Waals surface area contributed by atoms with E-state index in [0.29, 0.717) is 37.2 Å². The van der Waals surface area contributed by atoms with E-state index in [0.717, 1.165) is 11.8 Å². The van der Waals surface area contributed by atoms with Crippen molar-refractivity contribution in [1.29, 1.82) is 0 Å². The minimum absolute atomic E-state index is 0.194. The van der Waals surface area contributed by atoms with Crippen LogP contribution in [0.5, 0.6) is 5.75 Å². The van der Waals surface area contributed by atoms with Crippen LogP contribution in [0.25, 0.3) is 0 Å². The SMILES string of the molecule is O=C1/C(=C\O)C2(CCN(C(=O)OCC3=CC=[C+]C=C3)CC2)Oc2ccccc21. The normalized spacial score (nSPS) is 21.0. The lowest BCUT2D eigenvalue weighted by molar-refractivity contribution is 0.0187. The van der Waals surface area contributed by atoms with Crippen molar-refractivity contribution in [2.24, 2.45) is 0 Å². The molecule has 1 fully saturated rings. The Balaban J connectivity index is 1.43. The Bertz CT molecular complexity index is 917. The summed E-state index contributed by atoms with van der Waals surface area (Å²) in [6.45, 7) is 0.932. The molecule has 0 unspecified atom stereocenters. The lowest BCUT2D eigenvalue weighted by Crippen LogP contribution is -2.53. The third-order valence-corrected chi connectivity index (χ3v) is 5.28. The molecule has 2 heterocycles. The number of aliphatic hydroxyl groups is 1. The zero-order valence-electron chi connectivity index (χ0n) is 15.3. The second-order valence-electron chi connectivity index (χ2n) is 6.91. The van der Waals surface area contributed by atoms with Crippen LogP contribution in [0.1, 0.15) is 23.2 Å². The van der Waals surface area contributed by atoms with Gasteiger partial charge in [-0.05, 0) is 12.1 Å². The first-order valence-corrected chi connectivity index (χ1v) is 9.17. The average Bonchev–Trinajstić information content (AvgIpc) is 2.74. The standard InChI is InChI=1S/C22H19NO5/c24-14-18-20(25)17-8-4-5-9-19(17)28-22(18)10-12-23(13-11-22)21(26)27-15-16-6-2-1-3-7-16/h2-9,14H,10-13,15H2/p+1. The topological polar surface area (TPSA) is 76.1 Å². The van der Waals surface area contributed by atoms with Crippen LogP contribution in [0.3, 0.4) is 0 Å². The summed E-state index contributed by atoms with van der Waals surface area (Å²) in [5.74, 6) is 0.274. The summed E-state index contributed by atoms with van der Waals surface area (Å²) in [7, 11) is 0. The number of rotatable bonds is 2. The van der Waals surface area contributed by atoms with Crippen molar-refractivity contribution in [1.82, 2.24) is 4.90 Å². The van der Waals surface area contributed by atoms with Gasteiger partial charge < -0.3 is 19.5 Å². The van der Waals surface area contributed by atoms with Crippen LogP contribution in [-0.4, -0.2) is 47.2 Å². The maximum absolute atomic E-state index is 12.8. The molecule has 28 heavy (non-hydrogen) atoms. The molecule has 142 valence electrons. The van der Waals surface area contributed by atoms with Crippen LogP contribution in [0, 0.1) is 6.08 Å². The highest BCUT2D eigenvalue weighted by molar-refractivity contribution is 6.12. The molecule has 1 N–H and O–H groups in total. The molecule has 6 heteroatoms. The lowest BCUT2D eigenvalue weighted by Gasteiger charge is -2.44. The van der Waals surface area contributed by atoms with Crippen molar-refractivity contribution >= 4 is 11.9 Å². The Morgan fingerprint density at radius 2 is 2.11 bits per heavy atom. The molecule has 6 nitrogen and oxygen atoms in total.